The van der Waals surface area contributed by atoms with E-state index in [-0.39, 0.29) is 5.91 Å². The van der Waals surface area contributed by atoms with Gasteiger partial charge in [0.2, 0.25) is 0 Å². The first kappa shape index (κ1) is 17.9. The van der Waals surface area contributed by atoms with Gasteiger partial charge in [-0.25, -0.2) is 9.67 Å². The lowest BCUT2D eigenvalue weighted by Crippen LogP contribution is -2.23. The maximum atomic E-state index is 12.9. The van der Waals surface area contributed by atoms with E-state index in [1.807, 2.05) is 73.1 Å². The van der Waals surface area contributed by atoms with Crippen LogP contribution in [0, 0.1) is 13.8 Å². The number of benzene rings is 2. The number of carbonyl (C=O) groups excluding carboxylic acids is 1. The predicted molar refractivity (Wildman–Crippen MR) is 110 cm³/mol. The van der Waals surface area contributed by atoms with Gasteiger partial charge in [-0.2, -0.15) is 5.10 Å². The standard InChI is InChI=1S/C23H22N4O/c1-16-13-20(23(28)24-14-18-9-5-3-6-10-18)21-17(2)26-27(22(21)25-16)15-19-11-7-4-8-12-19/h3-13H,14-15H2,1-2H3,(H,24,28). The molecule has 0 saturated heterocycles. The van der Waals surface area contributed by atoms with Gasteiger partial charge < -0.3 is 5.32 Å². The van der Waals surface area contributed by atoms with Crippen LogP contribution in [0.25, 0.3) is 11.0 Å². The zero-order valence-electron chi connectivity index (χ0n) is 16.0. The number of amides is 1. The Morgan fingerprint density at radius 2 is 1.61 bits per heavy atom. The Kier molecular flexibility index (Phi) is 4.89. The zero-order chi connectivity index (χ0) is 19.5. The average molecular weight is 370 g/mol. The highest BCUT2D eigenvalue weighted by Gasteiger charge is 2.18. The predicted octanol–water partition coefficient (Wildman–Crippen LogP) is 4.03. The van der Waals surface area contributed by atoms with Crippen molar-refractivity contribution in [3.05, 3.63) is 94.8 Å². The van der Waals surface area contributed by atoms with E-state index in [0.29, 0.717) is 18.7 Å². The summed E-state index contributed by atoms with van der Waals surface area (Å²) in [5, 5.41) is 8.49. The number of pyridine rings is 1. The SMILES string of the molecule is Cc1cc(C(=O)NCc2ccccc2)c2c(C)nn(Cc3ccccc3)c2n1. The molecule has 0 saturated carbocycles. The highest BCUT2D eigenvalue weighted by molar-refractivity contribution is 6.06. The molecule has 0 aliphatic carbocycles. The van der Waals surface area contributed by atoms with Gasteiger partial charge in [0.05, 0.1) is 23.2 Å². The average Bonchev–Trinajstić information content (AvgIpc) is 3.02. The number of rotatable bonds is 5. The molecule has 1 N–H and O–H groups in total. The second-order valence-corrected chi connectivity index (χ2v) is 6.91. The van der Waals surface area contributed by atoms with Crippen LogP contribution >= 0.6 is 0 Å². The van der Waals surface area contributed by atoms with Crippen LogP contribution in [-0.4, -0.2) is 20.7 Å². The Morgan fingerprint density at radius 3 is 2.29 bits per heavy atom. The van der Waals surface area contributed by atoms with Crippen molar-refractivity contribution in [3.63, 3.8) is 0 Å². The molecule has 4 rings (SSSR count). The van der Waals surface area contributed by atoms with Crippen molar-refractivity contribution in [1.29, 1.82) is 0 Å². The Labute approximate surface area is 164 Å². The molecule has 0 unspecified atom stereocenters. The molecule has 5 nitrogen and oxygen atoms in total. The summed E-state index contributed by atoms with van der Waals surface area (Å²) in [7, 11) is 0. The number of nitrogens with one attached hydrogen (secondary N) is 1. The van der Waals surface area contributed by atoms with Gasteiger partial charge in [-0.05, 0) is 31.0 Å². The van der Waals surface area contributed by atoms with E-state index in [2.05, 4.69) is 27.5 Å². The van der Waals surface area contributed by atoms with Crippen molar-refractivity contribution in [3.8, 4) is 0 Å². The minimum atomic E-state index is -0.110. The third-order valence-electron chi connectivity index (χ3n) is 4.72. The molecule has 2 heterocycles. The first-order chi connectivity index (χ1) is 13.6. The molecule has 2 aromatic carbocycles. The molecule has 140 valence electrons. The Morgan fingerprint density at radius 1 is 0.964 bits per heavy atom. The molecule has 5 heteroatoms. The highest BCUT2D eigenvalue weighted by atomic mass is 16.1. The molecule has 0 spiro atoms. The Hall–Kier alpha value is -3.47. The van der Waals surface area contributed by atoms with Crippen LogP contribution in [0.3, 0.4) is 0 Å². The summed E-state index contributed by atoms with van der Waals surface area (Å²) >= 11 is 0. The molecule has 0 radical (unpaired) electrons. The van der Waals surface area contributed by atoms with Gasteiger partial charge in [0.25, 0.3) is 5.91 Å². The number of carbonyl (C=O) groups is 1. The van der Waals surface area contributed by atoms with Crippen molar-refractivity contribution in [2.75, 3.05) is 0 Å². The van der Waals surface area contributed by atoms with Crippen LogP contribution in [0.2, 0.25) is 0 Å². The van der Waals surface area contributed by atoms with Gasteiger partial charge in [-0.1, -0.05) is 60.7 Å². The van der Waals surface area contributed by atoms with E-state index in [9.17, 15) is 4.79 Å². The van der Waals surface area contributed by atoms with Crippen molar-refractivity contribution in [2.45, 2.75) is 26.9 Å². The smallest absolute Gasteiger partial charge is 0.252 e. The quantitative estimate of drug-likeness (QED) is 0.577. The second kappa shape index (κ2) is 7.64. The lowest BCUT2D eigenvalue weighted by atomic mass is 10.1. The fourth-order valence-electron chi connectivity index (χ4n) is 3.40. The van der Waals surface area contributed by atoms with Gasteiger partial charge >= 0.3 is 0 Å². The summed E-state index contributed by atoms with van der Waals surface area (Å²) in [5.74, 6) is -0.110. The van der Waals surface area contributed by atoms with Crippen LogP contribution in [0.1, 0.15) is 32.9 Å². The van der Waals surface area contributed by atoms with Crippen molar-refractivity contribution in [1.82, 2.24) is 20.1 Å². The molecular weight excluding hydrogens is 348 g/mol. The Balaban J connectivity index is 1.68. The van der Waals surface area contributed by atoms with Gasteiger partial charge in [0.1, 0.15) is 0 Å². The van der Waals surface area contributed by atoms with Crippen LogP contribution in [0.4, 0.5) is 0 Å². The largest absolute Gasteiger partial charge is 0.348 e. The molecule has 28 heavy (non-hydrogen) atoms. The molecule has 0 aliphatic rings. The zero-order valence-corrected chi connectivity index (χ0v) is 16.0. The van der Waals surface area contributed by atoms with Crippen LogP contribution in [0.5, 0.6) is 0 Å². The number of aromatic nitrogens is 3. The fourth-order valence-corrected chi connectivity index (χ4v) is 3.40. The van der Waals surface area contributed by atoms with Gasteiger partial charge in [0.15, 0.2) is 5.65 Å². The van der Waals surface area contributed by atoms with Gasteiger partial charge in [0, 0.05) is 12.2 Å². The third kappa shape index (κ3) is 3.64. The number of hydrogen-bond acceptors (Lipinski definition) is 3. The number of hydrogen-bond donors (Lipinski definition) is 1. The summed E-state index contributed by atoms with van der Waals surface area (Å²) in [6.45, 7) is 4.93. The maximum absolute atomic E-state index is 12.9. The monoisotopic (exact) mass is 370 g/mol. The van der Waals surface area contributed by atoms with E-state index in [1.165, 1.54) is 0 Å². The molecule has 0 aliphatic heterocycles. The molecule has 1 amide bonds. The van der Waals surface area contributed by atoms with Crippen molar-refractivity contribution < 1.29 is 4.79 Å². The van der Waals surface area contributed by atoms with E-state index in [0.717, 1.165) is 33.5 Å². The van der Waals surface area contributed by atoms with E-state index in [1.54, 1.807) is 0 Å². The van der Waals surface area contributed by atoms with Crippen molar-refractivity contribution in [2.24, 2.45) is 0 Å². The van der Waals surface area contributed by atoms with E-state index < -0.39 is 0 Å². The van der Waals surface area contributed by atoms with E-state index >= 15 is 0 Å². The minimum Gasteiger partial charge on any atom is -0.348 e. The lowest BCUT2D eigenvalue weighted by Gasteiger charge is -2.09. The van der Waals surface area contributed by atoms with E-state index in [4.69, 9.17) is 0 Å². The number of aryl methyl sites for hydroxylation is 2. The molecule has 0 bridgehead atoms. The molecule has 0 atom stereocenters. The molecule has 2 aromatic heterocycles. The molecular formula is C23H22N4O. The third-order valence-corrected chi connectivity index (χ3v) is 4.72. The summed E-state index contributed by atoms with van der Waals surface area (Å²) in [5.41, 5.74) is 5.18. The highest BCUT2D eigenvalue weighted by Crippen LogP contribution is 2.23. The summed E-state index contributed by atoms with van der Waals surface area (Å²) < 4.78 is 1.88. The van der Waals surface area contributed by atoms with Gasteiger partial charge in [-0.15, -0.1) is 0 Å². The first-order valence-electron chi connectivity index (χ1n) is 9.32. The normalized spacial score (nSPS) is 10.9. The van der Waals surface area contributed by atoms with Crippen LogP contribution in [-0.2, 0) is 13.1 Å². The summed E-state index contributed by atoms with van der Waals surface area (Å²) in [6, 6.07) is 21.9. The van der Waals surface area contributed by atoms with Crippen LogP contribution < -0.4 is 5.32 Å². The van der Waals surface area contributed by atoms with Crippen molar-refractivity contribution >= 4 is 16.9 Å². The lowest BCUT2D eigenvalue weighted by molar-refractivity contribution is 0.0952. The topological polar surface area (TPSA) is 59.8 Å². The number of fused-ring (bicyclic) bond motifs is 1. The summed E-state index contributed by atoms with van der Waals surface area (Å²) in [4.78, 5) is 17.6. The second-order valence-electron chi connectivity index (χ2n) is 6.91. The van der Waals surface area contributed by atoms with Crippen LogP contribution in [0.15, 0.2) is 66.7 Å². The Bertz CT molecular complexity index is 1120. The minimum absolute atomic E-state index is 0.110. The molecule has 0 fully saturated rings. The maximum Gasteiger partial charge on any atom is 0.252 e. The fraction of sp³-hybridized carbons (Fsp3) is 0.174. The first-order valence-corrected chi connectivity index (χ1v) is 9.32. The molecule has 4 aromatic rings. The van der Waals surface area contributed by atoms with Gasteiger partial charge in [-0.3, -0.25) is 4.79 Å². The summed E-state index contributed by atoms with van der Waals surface area (Å²) in [6.07, 6.45) is 0. The number of nitrogens with zero attached hydrogens (tertiary/aromatic N) is 3.